The first-order chi connectivity index (χ1) is 8.63. The van der Waals surface area contributed by atoms with Gasteiger partial charge in [0.15, 0.2) is 0 Å². The monoisotopic (exact) mass is 264 g/mol. The van der Waals surface area contributed by atoms with Crippen molar-refractivity contribution >= 4 is 13.5 Å². The topological polar surface area (TPSA) is 9.23 Å². The quantitative estimate of drug-likeness (QED) is 0.660. The van der Waals surface area contributed by atoms with E-state index in [-0.39, 0.29) is 0 Å². The average Bonchev–Trinajstić information content (AvgIpc) is 2.44. The minimum atomic E-state index is -1.88. The van der Waals surface area contributed by atoms with E-state index in [1.165, 1.54) is 18.0 Å². The molecule has 0 saturated carbocycles. The normalized spacial score (nSPS) is 18.1. The molecule has 102 valence electrons. The second-order valence-corrected chi connectivity index (χ2v) is 9.63. The lowest BCUT2D eigenvalue weighted by Gasteiger charge is -2.41. The van der Waals surface area contributed by atoms with Crippen LogP contribution in [0.3, 0.4) is 0 Å². The molecule has 0 fully saturated rings. The van der Waals surface area contributed by atoms with E-state index in [1.54, 1.807) is 0 Å². The molecule has 0 heterocycles. The van der Waals surface area contributed by atoms with Gasteiger partial charge in [-0.3, -0.25) is 0 Å². The number of hydrogen-bond acceptors (Lipinski definition) is 1. The Balaban J connectivity index is 3.28. The molecular weight excluding hydrogens is 236 g/mol. The fourth-order valence-electron chi connectivity index (χ4n) is 2.97. The van der Waals surface area contributed by atoms with Gasteiger partial charge in [0.25, 0.3) is 0 Å². The highest BCUT2D eigenvalue weighted by Gasteiger charge is 2.45. The third-order valence-corrected chi connectivity index (χ3v) is 10.0. The Kier molecular flexibility index (Phi) is 6.10. The van der Waals surface area contributed by atoms with Crippen LogP contribution in [0.1, 0.15) is 47.5 Å². The maximum absolute atomic E-state index is 6.46. The fraction of sp³-hybridized carbons (Fsp3) is 0.625. The minimum absolute atomic E-state index is 0.662. The molecule has 0 amide bonds. The van der Waals surface area contributed by atoms with E-state index in [4.69, 9.17) is 4.43 Å². The van der Waals surface area contributed by atoms with Crippen LogP contribution in [-0.4, -0.2) is 14.9 Å². The molecule has 1 aromatic rings. The zero-order valence-electron chi connectivity index (χ0n) is 12.6. The van der Waals surface area contributed by atoms with Crippen molar-refractivity contribution in [3.05, 3.63) is 30.3 Å². The molecule has 1 rings (SSSR count). The smallest absolute Gasteiger partial charge is 0.229 e. The highest BCUT2D eigenvalue weighted by molar-refractivity contribution is 6.88. The average molecular weight is 264 g/mol. The lowest BCUT2D eigenvalue weighted by molar-refractivity contribution is 0.310. The molecular formula is C16H28OSi. The summed E-state index contributed by atoms with van der Waals surface area (Å²) < 4.78 is 6.46. The Morgan fingerprint density at radius 3 is 1.83 bits per heavy atom. The van der Waals surface area contributed by atoms with Gasteiger partial charge in [-0.2, -0.15) is 0 Å². The van der Waals surface area contributed by atoms with Crippen LogP contribution in [-0.2, 0) is 4.43 Å². The molecule has 0 saturated heterocycles. The van der Waals surface area contributed by atoms with Gasteiger partial charge in [-0.25, -0.2) is 0 Å². The van der Waals surface area contributed by atoms with Crippen molar-refractivity contribution in [3.8, 4) is 0 Å². The number of rotatable bonds is 7. The van der Waals surface area contributed by atoms with E-state index in [9.17, 15) is 0 Å². The predicted octanol–water partition coefficient (Wildman–Crippen LogP) is 4.48. The maximum atomic E-state index is 6.46. The van der Waals surface area contributed by atoms with E-state index < -0.39 is 8.32 Å². The van der Waals surface area contributed by atoms with Gasteiger partial charge in [0.1, 0.15) is 0 Å². The molecule has 0 radical (unpaired) electrons. The lowest BCUT2D eigenvalue weighted by Crippen LogP contribution is -2.57. The van der Waals surface area contributed by atoms with Gasteiger partial charge >= 0.3 is 0 Å². The Bertz CT molecular complexity index is 326. The third kappa shape index (κ3) is 2.86. The Hall–Kier alpha value is -0.603. The highest BCUT2D eigenvalue weighted by Crippen LogP contribution is 2.37. The van der Waals surface area contributed by atoms with Crippen LogP contribution in [0.25, 0.3) is 0 Å². The molecule has 0 aliphatic heterocycles. The van der Waals surface area contributed by atoms with Crippen LogP contribution < -0.4 is 5.19 Å². The molecule has 0 aromatic heterocycles. The van der Waals surface area contributed by atoms with E-state index in [0.717, 1.165) is 6.61 Å². The Labute approximate surface area is 114 Å². The van der Waals surface area contributed by atoms with Crippen LogP contribution in [0, 0.1) is 0 Å². The first kappa shape index (κ1) is 15.5. The van der Waals surface area contributed by atoms with Crippen molar-refractivity contribution in [2.45, 2.75) is 58.5 Å². The summed E-state index contributed by atoms with van der Waals surface area (Å²) in [6.07, 6.45) is 2.40. The third-order valence-electron chi connectivity index (χ3n) is 4.30. The number of benzene rings is 1. The van der Waals surface area contributed by atoms with E-state index >= 15 is 0 Å². The van der Waals surface area contributed by atoms with Gasteiger partial charge < -0.3 is 4.43 Å². The molecule has 2 atom stereocenters. The second kappa shape index (κ2) is 7.10. The van der Waals surface area contributed by atoms with Crippen molar-refractivity contribution in [1.82, 2.24) is 0 Å². The molecule has 0 aliphatic rings. The molecule has 18 heavy (non-hydrogen) atoms. The van der Waals surface area contributed by atoms with Crippen molar-refractivity contribution in [2.24, 2.45) is 0 Å². The SMILES string of the molecule is CCO[Si](c1ccccc1)(C(C)CC)C(C)CC. The first-order valence-electron chi connectivity index (χ1n) is 7.32. The van der Waals surface area contributed by atoms with E-state index in [2.05, 4.69) is 65.0 Å². The van der Waals surface area contributed by atoms with Crippen molar-refractivity contribution in [1.29, 1.82) is 0 Å². The molecule has 2 heteroatoms. The number of hydrogen-bond donors (Lipinski definition) is 0. The van der Waals surface area contributed by atoms with Crippen LogP contribution in [0.15, 0.2) is 30.3 Å². The molecule has 0 aliphatic carbocycles. The van der Waals surface area contributed by atoms with E-state index in [1.807, 2.05) is 0 Å². The summed E-state index contributed by atoms with van der Waals surface area (Å²) in [6, 6.07) is 11.0. The first-order valence-corrected chi connectivity index (χ1v) is 9.39. The summed E-state index contributed by atoms with van der Waals surface area (Å²) in [5.41, 5.74) is 1.32. The molecule has 1 aromatic carbocycles. The van der Waals surface area contributed by atoms with Crippen molar-refractivity contribution in [2.75, 3.05) is 6.61 Å². The molecule has 0 spiro atoms. The largest absolute Gasteiger partial charge is 0.412 e. The van der Waals surface area contributed by atoms with Crippen molar-refractivity contribution in [3.63, 3.8) is 0 Å². The van der Waals surface area contributed by atoms with Gasteiger partial charge in [-0.05, 0) is 23.2 Å². The zero-order chi connectivity index (χ0) is 13.6. The summed E-state index contributed by atoms with van der Waals surface area (Å²) in [4.78, 5) is 0. The molecule has 0 N–H and O–H groups in total. The van der Waals surface area contributed by atoms with Crippen molar-refractivity contribution < 1.29 is 4.43 Å². The van der Waals surface area contributed by atoms with Crippen LogP contribution in [0.2, 0.25) is 11.1 Å². The second-order valence-electron chi connectivity index (χ2n) is 5.21. The van der Waals surface area contributed by atoms with Gasteiger partial charge in [0, 0.05) is 6.61 Å². The minimum Gasteiger partial charge on any atom is -0.412 e. The van der Waals surface area contributed by atoms with Crippen LogP contribution in [0.5, 0.6) is 0 Å². The predicted molar refractivity (Wildman–Crippen MR) is 82.9 cm³/mol. The van der Waals surface area contributed by atoms with Gasteiger partial charge in [-0.1, -0.05) is 70.9 Å². The standard InChI is InChI=1S/C16H28OSi/c1-6-14(4)18(17-8-3,15(5)7-2)16-12-10-9-11-13-16/h9-15H,6-8H2,1-5H3. The molecule has 2 unspecified atom stereocenters. The summed E-state index contributed by atoms with van der Waals surface area (Å²) in [5.74, 6) is 0. The Morgan fingerprint density at radius 1 is 0.944 bits per heavy atom. The van der Waals surface area contributed by atoms with E-state index in [0.29, 0.717) is 11.1 Å². The zero-order valence-corrected chi connectivity index (χ0v) is 13.6. The van der Waals surface area contributed by atoms with Gasteiger partial charge in [0.05, 0.1) is 0 Å². The fourth-order valence-corrected chi connectivity index (χ4v) is 8.22. The summed E-state index contributed by atoms with van der Waals surface area (Å²) >= 11 is 0. The lowest BCUT2D eigenvalue weighted by atomic mass is 10.3. The van der Waals surface area contributed by atoms with Gasteiger partial charge in [0.2, 0.25) is 8.32 Å². The molecule has 0 bridgehead atoms. The summed E-state index contributed by atoms with van der Waals surface area (Å²) in [6.45, 7) is 12.3. The Morgan fingerprint density at radius 2 is 1.44 bits per heavy atom. The maximum Gasteiger partial charge on any atom is 0.229 e. The van der Waals surface area contributed by atoms with Crippen LogP contribution >= 0.6 is 0 Å². The van der Waals surface area contributed by atoms with Crippen LogP contribution in [0.4, 0.5) is 0 Å². The summed E-state index contributed by atoms with van der Waals surface area (Å²) in [5, 5.41) is 1.47. The highest BCUT2D eigenvalue weighted by atomic mass is 28.4. The molecule has 1 nitrogen and oxygen atoms in total. The summed E-state index contributed by atoms with van der Waals surface area (Å²) in [7, 11) is -1.88. The van der Waals surface area contributed by atoms with Gasteiger partial charge in [-0.15, -0.1) is 0 Å².